The highest BCUT2D eigenvalue weighted by Gasteiger charge is 2.25. The number of halogens is 1. The predicted octanol–water partition coefficient (Wildman–Crippen LogP) is 1.56. The minimum Gasteiger partial charge on any atom is -0.506 e. The van der Waals surface area contributed by atoms with Gasteiger partial charge in [-0.25, -0.2) is 0 Å². The second-order valence-corrected chi connectivity index (χ2v) is 6.94. The van der Waals surface area contributed by atoms with E-state index in [-0.39, 0.29) is 18.3 Å². The van der Waals surface area contributed by atoms with Crippen LogP contribution in [0.15, 0.2) is 24.3 Å². The third kappa shape index (κ3) is 4.68. The van der Waals surface area contributed by atoms with Crippen LogP contribution < -0.4 is 10.2 Å². The van der Waals surface area contributed by atoms with Crippen LogP contribution >= 0.6 is 24.2 Å². The van der Waals surface area contributed by atoms with Crippen LogP contribution in [-0.2, 0) is 4.79 Å². The second-order valence-electron chi connectivity index (χ2n) is 5.79. The molecule has 1 unspecified atom stereocenters. The van der Waals surface area contributed by atoms with Gasteiger partial charge in [0, 0.05) is 56.7 Å². The van der Waals surface area contributed by atoms with Gasteiger partial charge in [0.1, 0.15) is 5.75 Å². The van der Waals surface area contributed by atoms with Crippen LogP contribution in [0, 0.1) is 0 Å². The Kier molecular flexibility index (Phi) is 6.87. The fourth-order valence-corrected chi connectivity index (χ4v) is 3.97. The van der Waals surface area contributed by atoms with Gasteiger partial charge in [-0.1, -0.05) is 12.1 Å². The maximum Gasteiger partial charge on any atom is 0.224 e. The van der Waals surface area contributed by atoms with Gasteiger partial charge < -0.3 is 20.2 Å². The molecule has 2 saturated heterocycles. The monoisotopic (exact) mass is 357 g/mol. The van der Waals surface area contributed by atoms with Crippen LogP contribution in [0.2, 0.25) is 0 Å². The number of hydrogen-bond donors (Lipinski definition) is 2. The van der Waals surface area contributed by atoms with Gasteiger partial charge >= 0.3 is 0 Å². The average Bonchev–Trinajstić information content (AvgIpc) is 2.56. The molecule has 128 valence electrons. The minimum absolute atomic E-state index is 0. The number of nitrogens with zero attached hydrogens (tertiary/aromatic N) is 2. The van der Waals surface area contributed by atoms with Crippen molar-refractivity contribution in [1.82, 2.24) is 10.2 Å². The van der Waals surface area contributed by atoms with Crippen molar-refractivity contribution in [2.24, 2.45) is 0 Å². The van der Waals surface area contributed by atoms with Crippen LogP contribution in [0.25, 0.3) is 0 Å². The fourth-order valence-electron chi connectivity index (χ4n) is 3.02. The van der Waals surface area contributed by atoms with Crippen LogP contribution in [-0.4, -0.2) is 66.2 Å². The second kappa shape index (κ2) is 8.66. The summed E-state index contributed by atoms with van der Waals surface area (Å²) in [7, 11) is 0. The van der Waals surface area contributed by atoms with E-state index in [4.69, 9.17) is 0 Å². The van der Waals surface area contributed by atoms with Gasteiger partial charge in [-0.2, -0.15) is 11.8 Å². The van der Waals surface area contributed by atoms with Gasteiger partial charge in [0.2, 0.25) is 5.91 Å². The molecule has 2 aliphatic heterocycles. The largest absolute Gasteiger partial charge is 0.506 e. The molecule has 3 rings (SSSR count). The van der Waals surface area contributed by atoms with Gasteiger partial charge in [0.25, 0.3) is 0 Å². The molecule has 5 nitrogen and oxygen atoms in total. The van der Waals surface area contributed by atoms with Crippen molar-refractivity contribution in [3.8, 4) is 5.75 Å². The first kappa shape index (κ1) is 18.2. The zero-order valence-corrected chi connectivity index (χ0v) is 14.7. The van der Waals surface area contributed by atoms with E-state index in [0.717, 1.165) is 49.9 Å². The van der Waals surface area contributed by atoms with E-state index in [1.165, 1.54) is 0 Å². The SMILES string of the molecule is Cl.O=C(CC1CSCCN1)N1CCN(c2ccccc2O)CC1. The van der Waals surface area contributed by atoms with Crippen molar-refractivity contribution in [2.45, 2.75) is 12.5 Å². The summed E-state index contributed by atoms with van der Waals surface area (Å²) in [6, 6.07) is 7.71. The number of phenolic OH excluding ortho intramolecular Hbond substituents is 1. The summed E-state index contributed by atoms with van der Waals surface area (Å²) in [4.78, 5) is 16.5. The Morgan fingerprint density at radius 2 is 2.00 bits per heavy atom. The average molecular weight is 358 g/mol. The number of hydrogen-bond acceptors (Lipinski definition) is 5. The van der Waals surface area contributed by atoms with E-state index in [1.54, 1.807) is 6.07 Å². The molecule has 2 aliphatic rings. The number of thioether (sulfide) groups is 1. The molecule has 1 aromatic carbocycles. The summed E-state index contributed by atoms with van der Waals surface area (Å²) < 4.78 is 0. The van der Waals surface area contributed by atoms with Crippen molar-refractivity contribution in [3.05, 3.63) is 24.3 Å². The van der Waals surface area contributed by atoms with E-state index in [9.17, 15) is 9.90 Å². The van der Waals surface area contributed by atoms with Crippen LogP contribution in [0.1, 0.15) is 6.42 Å². The van der Waals surface area contributed by atoms with Crippen LogP contribution in [0.5, 0.6) is 5.75 Å². The fraction of sp³-hybridized carbons (Fsp3) is 0.562. The van der Waals surface area contributed by atoms with E-state index in [2.05, 4.69) is 10.2 Å². The lowest BCUT2D eigenvalue weighted by Gasteiger charge is -2.37. The third-order valence-electron chi connectivity index (χ3n) is 4.27. The summed E-state index contributed by atoms with van der Waals surface area (Å²) in [5.41, 5.74) is 0.861. The first-order valence-corrected chi connectivity index (χ1v) is 9.01. The maximum absolute atomic E-state index is 12.4. The Morgan fingerprint density at radius 1 is 1.26 bits per heavy atom. The van der Waals surface area contributed by atoms with Crippen LogP contribution in [0.4, 0.5) is 5.69 Å². The number of carbonyl (C=O) groups excluding carboxylic acids is 1. The Morgan fingerprint density at radius 3 is 2.65 bits per heavy atom. The number of aromatic hydroxyl groups is 1. The molecule has 1 aromatic rings. The Labute approximate surface area is 147 Å². The molecule has 0 bridgehead atoms. The van der Waals surface area contributed by atoms with Gasteiger partial charge in [0.15, 0.2) is 0 Å². The van der Waals surface area contributed by atoms with E-state index in [1.807, 2.05) is 34.9 Å². The number of amides is 1. The highest BCUT2D eigenvalue weighted by Crippen LogP contribution is 2.27. The normalized spacial score (nSPS) is 21.7. The number of carbonyl (C=O) groups is 1. The topological polar surface area (TPSA) is 55.8 Å². The Balaban J connectivity index is 0.00000192. The van der Waals surface area contributed by atoms with E-state index < -0.39 is 0 Å². The number of benzene rings is 1. The molecule has 1 amide bonds. The molecular weight excluding hydrogens is 334 g/mol. The Hall–Kier alpha value is -1.11. The van der Waals surface area contributed by atoms with Gasteiger partial charge in [-0.15, -0.1) is 12.4 Å². The summed E-state index contributed by atoms with van der Waals surface area (Å²) in [5.74, 6) is 2.73. The molecule has 0 saturated carbocycles. The summed E-state index contributed by atoms with van der Waals surface area (Å²) in [5, 5.41) is 13.3. The molecule has 1 atom stereocenters. The van der Waals surface area contributed by atoms with Crippen molar-refractivity contribution in [1.29, 1.82) is 0 Å². The van der Waals surface area contributed by atoms with Gasteiger partial charge in [-0.05, 0) is 12.1 Å². The molecular formula is C16H24ClN3O2S. The van der Waals surface area contributed by atoms with Crippen molar-refractivity contribution in [2.75, 3.05) is 49.1 Å². The predicted molar refractivity (Wildman–Crippen MR) is 97.9 cm³/mol. The van der Waals surface area contributed by atoms with Crippen molar-refractivity contribution < 1.29 is 9.90 Å². The molecule has 0 radical (unpaired) electrons. The molecule has 2 heterocycles. The lowest BCUT2D eigenvalue weighted by molar-refractivity contribution is -0.131. The zero-order chi connectivity index (χ0) is 15.4. The number of rotatable bonds is 3. The summed E-state index contributed by atoms with van der Waals surface area (Å²) >= 11 is 1.92. The highest BCUT2D eigenvalue weighted by atomic mass is 35.5. The number of para-hydroxylation sites is 2. The van der Waals surface area contributed by atoms with Gasteiger partial charge in [0.05, 0.1) is 5.69 Å². The minimum atomic E-state index is 0. The molecule has 23 heavy (non-hydrogen) atoms. The first-order chi connectivity index (χ1) is 10.7. The molecule has 0 spiro atoms. The standard InChI is InChI=1S/C16H23N3O2S.ClH/c20-15-4-2-1-3-14(15)18-6-8-19(9-7-18)16(21)11-13-12-22-10-5-17-13;/h1-4,13,17,20H,5-12H2;1H. The molecule has 7 heteroatoms. The summed E-state index contributed by atoms with van der Waals surface area (Å²) in [6.07, 6.45) is 0.601. The zero-order valence-electron chi connectivity index (χ0n) is 13.1. The third-order valence-corrected chi connectivity index (χ3v) is 5.41. The lowest BCUT2D eigenvalue weighted by atomic mass is 10.1. The van der Waals surface area contributed by atoms with Gasteiger partial charge in [-0.3, -0.25) is 4.79 Å². The van der Waals surface area contributed by atoms with E-state index in [0.29, 0.717) is 18.2 Å². The van der Waals surface area contributed by atoms with Crippen molar-refractivity contribution >= 4 is 35.8 Å². The number of nitrogens with one attached hydrogen (secondary N) is 1. The quantitative estimate of drug-likeness (QED) is 0.859. The number of phenols is 1. The van der Waals surface area contributed by atoms with E-state index >= 15 is 0 Å². The maximum atomic E-state index is 12.4. The summed E-state index contributed by atoms with van der Waals surface area (Å²) in [6.45, 7) is 4.01. The smallest absolute Gasteiger partial charge is 0.224 e. The molecule has 2 N–H and O–H groups in total. The molecule has 0 aliphatic carbocycles. The van der Waals surface area contributed by atoms with Crippen molar-refractivity contribution in [3.63, 3.8) is 0 Å². The number of piperazine rings is 1. The molecule has 0 aromatic heterocycles. The highest BCUT2D eigenvalue weighted by molar-refractivity contribution is 7.99. The molecule has 2 fully saturated rings. The number of anilines is 1. The first-order valence-electron chi connectivity index (χ1n) is 7.86. The van der Waals surface area contributed by atoms with Crippen LogP contribution in [0.3, 0.4) is 0 Å². The Bertz CT molecular complexity index is 518. The lowest BCUT2D eigenvalue weighted by Crippen LogP contribution is -2.50.